The summed E-state index contributed by atoms with van der Waals surface area (Å²) in [6, 6.07) is 0.375. The molecule has 0 radical (unpaired) electrons. The molecule has 0 atom stereocenters. The second kappa shape index (κ2) is 8.68. The third-order valence-electron chi connectivity index (χ3n) is 5.82. The fourth-order valence-electron chi connectivity index (χ4n) is 4.15. The van der Waals surface area contributed by atoms with Gasteiger partial charge in [0.05, 0.1) is 29.7 Å². The van der Waals surface area contributed by atoms with Gasteiger partial charge in [-0.2, -0.15) is 32.1 Å². The van der Waals surface area contributed by atoms with Crippen molar-refractivity contribution >= 4 is 0 Å². The van der Waals surface area contributed by atoms with E-state index in [9.17, 15) is 26.7 Å². The van der Waals surface area contributed by atoms with E-state index in [1.54, 1.807) is 6.07 Å². The summed E-state index contributed by atoms with van der Waals surface area (Å²) in [7, 11) is 0. The van der Waals surface area contributed by atoms with Gasteiger partial charge in [0.15, 0.2) is 0 Å². The first-order valence-corrected chi connectivity index (χ1v) is 10.6. The molecule has 1 aliphatic carbocycles. The number of halogens is 5. The van der Waals surface area contributed by atoms with Crippen LogP contribution < -0.4 is 5.56 Å². The average molecular weight is 467 g/mol. The summed E-state index contributed by atoms with van der Waals surface area (Å²) in [5.41, 5.74) is -0.962. The van der Waals surface area contributed by atoms with E-state index in [1.807, 2.05) is 0 Å². The van der Waals surface area contributed by atoms with E-state index in [0.717, 1.165) is 49.0 Å². The van der Waals surface area contributed by atoms with Gasteiger partial charge in [0.1, 0.15) is 0 Å². The molecule has 3 aromatic heterocycles. The predicted octanol–water partition coefficient (Wildman–Crippen LogP) is 5.19. The van der Waals surface area contributed by atoms with Gasteiger partial charge in [-0.05, 0) is 37.0 Å². The summed E-state index contributed by atoms with van der Waals surface area (Å²) in [6.45, 7) is 0.186. The first kappa shape index (κ1) is 23.1. The summed E-state index contributed by atoms with van der Waals surface area (Å²) >= 11 is 0. The van der Waals surface area contributed by atoms with Crippen LogP contribution in [0.2, 0.25) is 0 Å². The Kier molecular flexibility index (Phi) is 6.06. The number of pyridine rings is 1. The maximum absolute atomic E-state index is 13.7. The van der Waals surface area contributed by atoms with E-state index in [0.29, 0.717) is 17.2 Å². The Balaban J connectivity index is 1.82. The standard InChI is InChI=1S/C22H22F5N5O/c1-21(23,24)32-12-15(11-29-32)18-10-16(14-6-3-2-4-7-14)20(33)31(30-18)13-19-17(22(25,26)27)8-5-9-28-19/h5,8-12,14H,2-4,6-7,13H2,1H3. The zero-order chi connectivity index (χ0) is 23.8. The zero-order valence-corrected chi connectivity index (χ0v) is 17.8. The van der Waals surface area contributed by atoms with Gasteiger partial charge in [-0.3, -0.25) is 9.78 Å². The lowest BCUT2D eigenvalue weighted by atomic mass is 9.84. The first-order valence-electron chi connectivity index (χ1n) is 10.6. The van der Waals surface area contributed by atoms with Gasteiger partial charge in [0.25, 0.3) is 5.56 Å². The molecule has 1 aliphatic rings. The molecule has 176 valence electrons. The highest BCUT2D eigenvalue weighted by Gasteiger charge is 2.34. The molecule has 0 aliphatic heterocycles. The summed E-state index contributed by atoms with van der Waals surface area (Å²) in [4.78, 5) is 17.1. The SMILES string of the molecule is CC(F)(F)n1cc(-c2cc(C3CCCCC3)c(=O)n(Cc3ncccc3C(F)(F)F)n2)cn1. The Morgan fingerprint density at radius 2 is 1.85 bits per heavy atom. The maximum atomic E-state index is 13.7. The molecule has 0 bridgehead atoms. The van der Waals surface area contributed by atoms with Crippen LogP contribution in [0.25, 0.3) is 11.3 Å². The van der Waals surface area contributed by atoms with Crippen LogP contribution >= 0.6 is 0 Å². The summed E-state index contributed by atoms with van der Waals surface area (Å²) < 4.78 is 69.1. The molecule has 3 aromatic rings. The molecule has 4 rings (SSSR count). The van der Waals surface area contributed by atoms with Crippen LogP contribution in [-0.2, 0) is 18.8 Å². The van der Waals surface area contributed by atoms with Gasteiger partial charge in [0.2, 0.25) is 0 Å². The second-order valence-electron chi connectivity index (χ2n) is 8.29. The molecule has 0 unspecified atom stereocenters. The van der Waals surface area contributed by atoms with Crippen LogP contribution in [0.5, 0.6) is 0 Å². The minimum Gasteiger partial charge on any atom is -0.267 e. The molecule has 6 nitrogen and oxygen atoms in total. The fourth-order valence-corrected chi connectivity index (χ4v) is 4.15. The number of alkyl halides is 5. The first-order chi connectivity index (χ1) is 15.5. The molecule has 33 heavy (non-hydrogen) atoms. The van der Waals surface area contributed by atoms with Crippen molar-refractivity contribution in [3.05, 3.63) is 64.0 Å². The number of hydrogen-bond acceptors (Lipinski definition) is 4. The van der Waals surface area contributed by atoms with Crippen LogP contribution in [0.4, 0.5) is 22.0 Å². The smallest absolute Gasteiger partial charge is 0.267 e. The normalized spacial score (nSPS) is 15.7. The van der Waals surface area contributed by atoms with Crippen LogP contribution in [0, 0.1) is 0 Å². The minimum atomic E-state index is -4.65. The molecule has 0 spiro atoms. The summed E-state index contributed by atoms with van der Waals surface area (Å²) in [6.07, 6.45) is 3.31. The molecule has 3 heterocycles. The van der Waals surface area contributed by atoms with Crippen molar-refractivity contribution in [2.45, 2.75) is 63.7 Å². The number of rotatable bonds is 5. The monoisotopic (exact) mass is 467 g/mol. The molecule has 0 amide bonds. The highest BCUT2D eigenvalue weighted by molar-refractivity contribution is 5.57. The quantitative estimate of drug-likeness (QED) is 0.485. The molecule has 1 saturated carbocycles. The van der Waals surface area contributed by atoms with E-state index >= 15 is 0 Å². The lowest BCUT2D eigenvalue weighted by Gasteiger charge is -2.22. The van der Waals surface area contributed by atoms with Gasteiger partial charge in [0, 0.05) is 30.4 Å². The van der Waals surface area contributed by atoms with E-state index < -0.39 is 29.9 Å². The van der Waals surface area contributed by atoms with E-state index in [1.165, 1.54) is 18.5 Å². The molecular formula is C22H22F5N5O. The van der Waals surface area contributed by atoms with E-state index in [-0.39, 0.29) is 22.9 Å². The Morgan fingerprint density at radius 3 is 2.48 bits per heavy atom. The van der Waals surface area contributed by atoms with Crippen LogP contribution in [0.1, 0.15) is 61.8 Å². The topological polar surface area (TPSA) is 65.6 Å². The molecule has 11 heteroatoms. The van der Waals surface area contributed by atoms with Crippen molar-refractivity contribution in [2.24, 2.45) is 0 Å². The molecule has 0 aromatic carbocycles. The van der Waals surface area contributed by atoms with Crippen LogP contribution in [-0.4, -0.2) is 24.5 Å². The number of aromatic nitrogens is 5. The van der Waals surface area contributed by atoms with E-state index in [4.69, 9.17) is 0 Å². The third-order valence-corrected chi connectivity index (χ3v) is 5.82. The van der Waals surface area contributed by atoms with Gasteiger partial charge in [-0.1, -0.05) is 19.3 Å². The van der Waals surface area contributed by atoms with Crippen LogP contribution in [0.3, 0.4) is 0 Å². The highest BCUT2D eigenvalue weighted by atomic mass is 19.4. The number of nitrogens with zero attached hydrogens (tertiary/aromatic N) is 5. The molecule has 0 saturated heterocycles. The Labute approximate surface area is 186 Å². The van der Waals surface area contributed by atoms with Crippen molar-refractivity contribution in [3.8, 4) is 11.3 Å². The second-order valence-corrected chi connectivity index (χ2v) is 8.29. The van der Waals surface area contributed by atoms with Gasteiger partial charge in [-0.25, -0.2) is 9.36 Å². The minimum absolute atomic E-state index is 0.0762. The van der Waals surface area contributed by atoms with Crippen molar-refractivity contribution in [2.75, 3.05) is 0 Å². The maximum Gasteiger partial charge on any atom is 0.418 e. The van der Waals surface area contributed by atoms with Gasteiger partial charge in [-0.15, -0.1) is 0 Å². The van der Waals surface area contributed by atoms with Crippen molar-refractivity contribution in [1.29, 1.82) is 0 Å². The summed E-state index contributed by atoms with van der Waals surface area (Å²) in [5.74, 6) is -0.0762. The molecule has 0 N–H and O–H groups in total. The average Bonchev–Trinajstić information content (AvgIpc) is 3.26. The Hall–Kier alpha value is -3.11. The van der Waals surface area contributed by atoms with Gasteiger partial charge < -0.3 is 0 Å². The van der Waals surface area contributed by atoms with Crippen molar-refractivity contribution in [1.82, 2.24) is 24.5 Å². The van der Waals surface area contributed by atoms with Crippen molar-refractivity contribution in [3.63, 3.8) is 0 Å². The number of hydrogen-bond donors (Lipinski definition) is 0. The van der Waals surface area contributed by atoms with E-state index in [2.05, 4.69) is 15.2 Å². The largest absolute Gasteiger partial charge is 0.418 e. The van der Waals surface area contributed by atoms with Crippen molar-refractivity contribution < 1.29 is 22.0 Å². The summed E-state index contributed by atoms with van der Waals surface area (Å²) in [5, 5.41) is 7.88. The lowest BCUT2D eigenvalue weighted by molar-refractivity contribution is -0.138. The Bertz CT molecular complexity index is 1190. The predicted molar refractivity (Wildman–Crippen MR) is 110 cm³/mol. The Morgan fingerprint density at radius 1 is 1.12 bits per heavy atom. The van der Waals surface area contributed by atoms with Gasteiger partial charge >= 0.3 is 12.2 Å². The third kappa shape index (κ3) is 4.96. The molecule has 1 fully saturated rings. The lowest BCUT2D eigenvalue weighted by Crippen LogP contribution is -2.30. The molecular weight excluding hydrogens is 445 g/mol. The van der Waals surface area contributed by atoms with Crippen LogP contribution in [0.15, 0.2) is 41.6 Å². The highest BCUT2D eigenvalue weighted by Crippen LogP contribution is 2.33. The fraction of sp³-hybridized carbons (Fsp3) is 0.455. The zero-order valence-electron chi connectivity index (χ0n) is 17.8.